The molecule has 1 aromatic carbocycles. The number of hydrogen-bond acceptors (Lipinski definition) is 7. The zero-order chi connectivity index (χ0) is 19.6. The molecule has 5 rings (SSSR count). The van der Waals surface area contributed by atoms with E-state index >= 15 is 0 Å². The Morgan fingerprint density at radius 1 is 1.03 bits per heavy atom. The largest absolute Gasteiger partial charge is 0.378 e. The molecule has 0 unspecified atom stereocenters. The molecule has 4 heterocycles. The maximum absolute atomic E-state index is 13.4. The predicted octanol–water partition coefficient (Wildman–Crippen LogP) is 2.74. The predicted molar refractivity (Wildman–Crippen MR) is 111 cm³/mol. The Morgan fingerprint density at radius 2 is 1.83 bits per heavy atom. The van der Waals surface area contributed by atoms with Crippen molar-refractivity contribution in [2.24, 2.45) is 0 Å². The minimum Gasteiger partial charge on any atom is -0.378 e. The molecule has 29 heavy (non-hydrogen) atoms. The number of carbonyl (C=O) groups is 1. The number of thiophene rings is 1. The highest BCUT2D eigenvalue weighted by atomic mass is 32.1. The van der Waals surface area contributed by atoms with Gasteiger partial charge in [-0.15, -0.1) is 11.3 Å². The fraction of sp³-hybridized carbons (Fsp3) is 0.381. The smallest absolute Gasteiger partial charge is 0.264 e. The maximum Gasteiger partial charge on any atom is 0.264 e. The molecule has 3 aromatic rings. The van der Waals surface area contributed by atoms with Crippen molar-refractivity contribution >= 4 is 33.3 Å². The number of amides is 1. The van der Waals surface area contributed by atoms with Gasteiger partial charge in [-0.2, -0.15) is 0 Å². The summed E-state index contributed by atoms with van der Waals surface area (Å²) in [6.07, 6.45) is 3.30. The number of hydrogen-bond donors (Lipinski definition) is 0. The molecule has 7 nitrogen and oxygen atoms in total. The van der Waals surface area contributed by atoms with Gasteiger partial charge in [0, 0.05) is 42.3 Å². The standard InChI is InChI=1S/C21H22N4O3S/c26-20(24-8-11-27-12-9-24)19-18(15-4-1-2-5-17(15)29-19)16-14-25(10-13-28-16)21-22-6-3-7-23-21/h1-7,16H,8-14H2/t16-/m0/s1. The third-order valence-electron chi connectivity index (χ3n) is 5.35. The highest BCUT2D eigenvalue weighted by Gasteiger charge is 2.32. The van der Waals surface area contributed by atoms with Crippen molar-refractivity contribution in [2.75, 3.05) is 50.9 Å². The fourth-order valence-corrected chi connectivity index (χ4v) is 5.14. The molecule has 2 aliphatic heterocycles. The van der Waals surface area contributed by atoms with E-state index in [0.29, 0.717) is 45.4 Å². The number of nitrogens with zero attached hydrogens (tertiary/aromatic N) is 4. The van der Waals surface area contributed by atoms with E-state index in [4.69, 9.17) is 9.47 Å². The van der Waals surface area contributed by atoms with Gasteiger partial charge in [-0.25, -0.2) is 9.97 Å². The number of carbonyl (C=O) groups excluding carboxylic acids is 1. The molecule has 0 bridgehead atoms. The van der Waals surface area contributed by atoms with E-state index in [1.54, 1.807) is 23.7 Å². The normalized spacial score (nSPS) is 20.2. The Bertz CT molecular complexity index is 1000. The minimum absolute atomic E-state index is 0.0705. The van der Waals surface area contributed by atoms with Gasteiger partial charge in [0.2, 0.25) is 5.95 Å². The quantitative estimate of drug-likeness (QED) is 0.661. The minimum atomic E-state index is -0.205. The van der Waals surface area contributed by atoms with E-state index < -0.39 is 0 Å². The van der Waals surface area contributed by atoms with Gasteiger partial charge in [-0.05, 0) is 17.5 Å². The highest BCUT2D eigenvalue weighted by molar-refractivity contribution is 7.21. The molecule has 2 saturated heterocycles. The number of ether oxygens (including phenoxy) is 2. The molecule has 8 heteroatoms. The molecular formula is C21H22N4O3S. The van der Waals surface area contributed by atoms with Gasteiger partial charge in [0.15, 0.2) is 0 Å². The lowest BCUT2D eigenvalue weighted by Crippen LogP contribution is -2.42. The molecule has 0 N–H and O–H groups in total. The third-order valence-corrected chi connectivity index (χ3v) is 6.52. The maximum atomic E-state index is 13.4. The number of morpholine rings is 2. The summed E-state index contributed by atoms with van der Waals surface area (Å²) in [5.41, 5.74) is 0.989. The number of rotatable bonds is 3. The van der Waals surface area contributed by atoms with Gasteiger partial charge < -0.3 is 19.3 Å². The van der Waals surface area contributed by atoms with Crippen molar-refractivity contribution in [3.05, 3.63) is 53.2 Å². The molecule has 0 saturated carbocycles. The monoisotopic (exact) mass is 410 g/mol. The molecule has 2 fully saturated rings. The van der Waals surface area contributed by atoms with Crippen LogP contribution >= 0.6 is 11.3 Å². The zero-order valence-electron chi connectivity index (χ0n) is 16.0. The van der Waals surface area contributed by atoms with Crippen LogP contribution in [0.25, 0.3) is 10.1 Å². The average molecular weight is 410 g/mol. The summed E-state index contributed by atoms with van der Waals surface area (Å²) in [4.78, 5) is 26.9. The van der Waals surface area contributed by atoms with Crippen molar-refractivity contribution in [1.29, 1.82) is 0 Å². The second-order valence-electron chi connectivity index (χ2n) is 7.10. The summed E-state index contributed by atoms with van der Waals surface area (Å²) in [5, 5.41) is 1.09. The molecule has 1 atom stereocenters. The fourth-order valence-electron chi connectivity index (χ4n) is 3.91. The van der Waals surface area contributed by atoms with Crippen LogP contribution in [-0.4, -0.2) is 66.8 Å². The number of benzene rings is 1. The first-order valence-corrected chi connectivity index (χ1v) is 10.6. The third kappa shape index (κ3) is 3.59. The summed E-state index contributed by atoms with van der Waals surface area (Å²) in [5.74, 6) is 0.766. The van der Waals surface area contributed by atoms with Crippen molar-refractivity contribution in [1.82, 2.24) is 14.9 Å². The van der Waals surface area contributed by atoms with Gasteiger partial charge in [-0.3, -0.25) is 4.79 Å². The Balaban J connectivity index is 1.52. The van der Waals surface area contributed by atoms with Crippen LogP contribution in [0.2, 0.25) is 0 Å². The van der Waals surface area contributed by atoms with Crippen LogP contribution in [-0.2, 0) is 9.47 Å². The van der Waals surface area contributed by atoms with Crippen molar-refractivity contribution in [3.8, 4) is 0 Å². The molecule has 1 amide bonds. The van der Waals surface area contributed by atoms with Gasteiger partial charge in [0.25, 0.3) is 5.91 Å². The van der Waals surface area contributed by atoms with E-state index in [1.807, 2.05) is 23.1 Å². The van der Waals surface area contributed by atoms with Gasteiger partial charge >= 0.3 is 0 Å². The SMILES string of the molecule is O=C(c1sc2ccccc2c1[C@@H]1CN(c2ncccn2)CCO1)N1CCOCC1. The Morgan fingerprint density at radius 3 is 2.66 bits per heavy atom. The van der Waals surface area contributed by atoms with E-state index in [0.717, 1.165) is 27.1 Å². The summed E-state index contributed by atoms with van der Waals surface area (Å²) >= 11 is 1.55. The van der Waals surface area contributed by atoms with Gasteiger partial charge in [0.05, 0.1) is 31.2 Å². The first kappa shape index (κ1) is 18.5. The molecule has 0 radical (unpaired) electrons. The summed E-state index contributed by atoms with van der Waals surface area (Å²) in [6.45, 7) is 4.35. The van der Waals surface area contributed by atoms with Gasteiger partial charge in [0.1, 0.15) is 6.10 Å². The zero-order valence-corrected chi connectivity index (χ0v) is 16.8. The second kappa shape index (κ2) is 8.06. The van der Waals surface area contributed by atoms with Gasteiger partial charge in [-0.1, -0.05) is 18.2 Å². The van der Waals surface area contributed by atoms with Crippen molar-refractivity contribution < 1.29 is 14.3 Å². The van der Waals surface area contributed by atoms with Crippen LogP contribution in [0.5, 0.6) is 0 Å². The molecular weight excluding hydrogens is 388 g/mol. The van der Waals surface area contributed by atoms with Crippen LogP contribution in [0.3, 0.4) is 0 Å². The lowest BCUT2D eigenvalue weighted by Gasteiger charge is -2.34. The number of anilines is 1. The molecule has 2 aromatic heterocycles. The van der Waals surface area contributed by atoms with Crippen LogP contribution in [0, 0.1) is 0 Å². The molecule has 150 valence electrons. The van der Waals surface area contributed by atoms with Crippen LogP contribution in [0.15, 0.2) is 42.7 Å². The Labute approximate surface area is 172 Å². The van der Waals surface area contributed by atoms with E-state index in [9.17, 15) is 4.79 Å². The van der Waals surface area contributed by atoms with Crippen LogP contribution < -0.4 is 4.90 Å². The molecule has 0 aliphatic carbocycles. The highest BCUT2D eigenvalue weighted by Crippen LogP contribution is 2.39. The van der Waals surface area contributed by atoms with Crippen molar-refractivity contribution in [3.63, 3.8) is 0 Å². The topological polar surface area (TPSA) is 67.8 Å². The van der Waals surface area contributed by atoms with E-state index in [1.165, 1.54) is 0 Å². The first-order chi connectivity index (χ1) is 14.3. The summed E-state index contributed by atoms with van der Waals surface area (Å²) in [7, 11) is 0. The number of aromatic nitrogens is 2. The first-order valence-electron chi connectivity index (χ1n) is 9.83. The van der Waals surface area contributed by atoms with Crippen molar-refractivity contribution in [2.45, 2.75) is 6.10 Å². The second-order valence-corrected chi connectivity index (χ2v) is 8.15. The van der Waals surface area contributed by atoms with E-state index in [-0.39, 0.29) is 12.0 Å². The van der Waals surface area contributed by atoms with E-state index in [2.05, 4.69) is 27.0 Å². The molecule has 0 spiro atoms. The van der Waals surface area contributed by atoms with Crippen LogP contribution in [0.1, 0.15) is 21.3 Å². The number of fused-ring (bicyclic) bond motifs is 1. The summed E-state index contributed by atoms with van der Waals surface area (Å²) in [6, 6.07) is 9.99. The Kier molecular flexibility index (Phi) is 5.13. The Hall–Kier alpha value is -2.55. The van der Waals surface area contributed by atoms with Crippen LogP contribution in [0.4, 0.5) is 5.95 Å². The average Bonchev–Trinajstić information content (AvgIpc) is 3.19. The lowest BCUT2D eigenvalue weighted by molar-refractivity contribution is 0.0280. The lowest BCUT2D eigenvalue weighted by atomic mass is 10.0. The molecule has 2 aliphatic rings. The summed E-state index contributed by atoms with van der Waals surface area (Å²) < 4.78 is 12.7.